The number of para-hydroxylation sites is 1. The molecular weight excluding hydrogens is 248 g/mol. The Labute approximate surface area is 123 Å². The van der Waals surface area contributed by atoms with Crippen LogP contribution in [0.15, 0.2) is 24.3 Å². The van der Waals surface area contributed by atoms with E-state index < -0.39 is 0 Å². The highest BCUT2D eigenvalue weighted by Crippen LogP contribution is 2.34. The number of hydrogen-bond acceptors (Lipinski definition) is 3. The van der Waals surface area contributed by atoms with Crippen LogP contribution in [-0.4, -0.2) is 37.2 Å². The average Bonchev–Trinajstić information content (AvgIpc) is 2.49. The molecule has 1 aliphatic heterocycles. The van der Waals surface area contributed by atoms with Gasteiger partial charge in [-0.15, -0.1) is 0 Å². The third-order valence-electron chi connectivity index (χ3n) is 4.41. The van der Waals surface area contributed by atoms with Gasteiger partial charge in [0.05, 0.1) is 6.61 Å². The lowest BCUT2D eigenvalue weighted by Crippen LogP contribution is -2.41. The van der Waals surface area contributed by atoms with Crippen LogP contribution in [0.5, 0.6) is 5.75 Å². The second-order valence-electron chi connectivity index (χ2n) is 5.63. The van der Waals surface area contributed by atoms with Crippen LogP contribution in [0.1, 0.15) is 44.6 Å². The highest BCUT2D eigenvalue weighted by Gasteiger charge is 2.25. The van der Waals surface area contributed by atoms with E-state index in [1.54, 1.807) is 0 Å². The van der Waals surface area contributed by atoms with Crippen molar-refractivity contribution < 1.29 is 4.74 Å². The van der Waals surface area contributed by atoms with Crippen LogP contribution in [0, 0.1) is 0 Å². The van der Waals surface area contributed by atoms with Gasteiger partial charge in [0, 0.05) is 31.6 Å². The minimum atomic E-state index is 0.576. The Morgan fingerprint density at radius 3 is 2.75 bits per heavy atom. The van der Waals surface area contributed by atoms with E-state index in [-0.39, 0.29) is 0 Å². The number of benzene rings is 1. The van der Waals surface area contributed by atoms with Gasteiger partial charge in [0.1, 0.15) is 5.75 Å². The molecule has 3 heteroatoms. The molecule has 1 aromatic rings. The molecule has 1 aromatic carbocycles. The maximum atomic E-state index is 5.81. The first-order valence-corrected chi connectivity index (χ1v) is 7.95. The fourth-order valence-electron chi connectivity index (χ4n) is 3.28. The Bertz CT molecular complexity index is 404. The zero-order valence-electron chi connectivity index (χ0n) is 12.8. The van der Waals surface area contributed by atoms with E-state index in [0.29, 0.717) is 12.0 Å². The molecule has 0 aromatic heterocycles. The molecule has 1 atom stereocenters. The number of ether oxygens (including phenoxy) is 1. The largest absolute Gasteiger partial charge is 0.493 e. The fourth-order valence-corrected chi connectivity index (χ4v) is 3.28. The molecule has 0 saturated carbocycles. The van der Waals surface area contributed by atoms with E-state index in [9.17, 15) is 0 Å². The highest BCUT2D eigenvalue weighted by atomic mass is 16.5. The van der Waals surface area contributed by atoms with Crippen LogP contribution < -0.4 is 10.5 Å². The van der Waals surface area contributed by atoms with Crippen LogP contribution in [0.4, 0.5) is 0 Å². The van der Waals surface area contributed by atoms with Gasteiger partial charge in [-0.1, -0.05) is 32.0 Å². The standard InChI is InChI=1S/C17H28N2O/c1-3-15(4-2)19(11-10-18)13-14-9-12-20-17-8-6-5-7-16(14)17/h5-8,14-15H,3-4,9-13,18H2,1-2H3. The normalized spacial score (nSPS) is 18.1. The molecule has 0 radical (unpaired) electrons. The summed E-state index contributed by atoms with van der Waals surface area (Å²) in [6.45, 7) is 8.21. The predicted molar refractivity (Wildman–Crippen MR) is 84.3 cm³/mol. The molecule has 0 saturated heterocycles. The molecule has 2 rings (SSSR count). The van der Waals surface area contributed by atoms with Gasteiger partial charge < -0.3 is 10.5 Å². The van der Waals surface area contributed by atoms with Gasteiger partial charge >= 0.3 is 0 Å². The first-order valence-electron chi connectivity index (χ1n) is 7.95. The van der Waals surface area contributed by atoms with Crippen molar-refractivity contribution in [1.82, 2.24) is 4.90 Å². The summed E-state index contributed by atoms with van der Waals surface area (Å²) in [4.78, 5) is 2.58. The second-order valence-corrected chi connectivity index (χ2v) is 5.63. The molecule has 0 aliphatic carbocycles. The fraction of sp³-hybridized carbons (Fsp3) is 0.647. The molecular formula is C17H28N2O. The Kier molecular flexibility index (Phi) is 5.86. The Morgan fingerprint density at radius 1 is 1.30 bits per heavy atom. The van der Waals surface area contributed by atoms with E-state index >= 15 is 0 Å². The maximum Gasteiger partial charge on any atom is 0.122 e. The summed E-state index contributed by atoms with van der Waals surface area (Å²) in [5, 5.41) is 0. The van der Waals surface area contributed by atoms with Gasteiger partial charge in [0.15, 0.2) is 0 Å². The van der Waals surface area contributed by atoms with Crippen molar-refractivity contribution in [2.75, 3.05) is 26.2 Å². The molecule has 2 N–H and O–H groups in total. The molecule has 0 bridgehead atoms. The Hall–Kier alpha value is -1.06. The zero-order chi connectivity index (χ0) is 14.4. The van der Waals surface area contributed by atoms with Crippen LogP contribution >= 0.6 is 0 Å². The summed E-state index contributed by atoms with van der Waals surface area (Å²) in [6.07, 6.45) is 3.50. The molecule has 0 spiro atoms. The molecule has 0 amide bonds. The number of nitrogens with zero attached hydrogens (tertiary/aromatic N) is 1. The molecule has 0 fully saturated rings. The minimum absolute atomic E-state index is 0.576. The summed E-state index contributed by atoms with van der Waals surface area (Å²) in [6, 6.07) is 9.12. The van der Waals surface area contributed by atoms with Crippen LogP contribution in [0.3, 0.4) is 0 Å². The topological polar surface area (TPSA) is 38.5 Å². The van der Waals surface area contributed by atoms with Crippen molar-refractivity contribution in [2.24, 2.45) is 5.73 Å². The lowest BCUT2D eigenvalue weighted by molar-refractivity contribution is 0.160. The van der Waals surface area contributed by atoms with Gasteiger partial charge in [-0.2, -0.15) is 0 Å². The van der Waals surface area contributed by atoms with Crippen molar-refractivity contribution >= 4 is 0 Å². The molecule has 1 aliphatic rings. The summed E-state index contributed by atoms with van der Waals surface area (Å²) in [5.74, 6) is 1.65. The molecule has 20 heavy (non-hydrogen) atoms. The van der Waals surface area contributed by atoms with E-state index in [1.165, 1.54) is 18.4 Å². The summed E-state index contributed by atoms with van der Waals surface area (Å²) < 4.78 is 5.77. The zero-order valence-corrected chi connectivity index (χ0v) is 12.8. The summed E-state index contributed by atoms with van der Waals surface area (Å²) in [5.41, 5.74) is 7.18. The lowest BCUT2D eigenvalue weighted by Gasteiger charge is -2.35. The Balaban J connectivity index is 2.11. The van der Waals surface area contributed by atoms with Crippen molar-refractivity contribution in [3.05, 3.63) is 29.8 Å². The van der Waals surface area contributed by atoms with Gasteiger partial charge in [-0.25, -0.2) is 0 Å². The van der Waals surface area contributed by atoms with Crippen molar-refractivity contribution in [3.63, 3.8) is 0 Å². The van der Waals surface area contributed by atoms with E-state index in [1.807, 2.05) is 0 Å². The third kappa shape index (κ3) is 3.53. The van der Waals surface area contributed by atoms with Crippen LogP contribution in [-0.2, 0) is 0 Å². The lowest BCUT2D eigenvalue weighted by atomic mass is 9.92. The Morgan fingerprint density at radius 2 is 2.05 bits per heavy atom. The number of rotatable bonds is 7. The average molecular weight is 276 g/mol. The quantitative estimate of drug-likeness (QED) is 0.832. The van der Waals surface area contributed by atoms with Gasteiger partial charge in [0.25, 0.3) is 0 Å². The maximum absolute atomic E-state index is 5.81. The van der Waals surface area contributed by atoms with E-state index in [4.69, 9.17) is 10.5 Å². The summed E-state index contributed by atoms with van der Waals surface area (Å²) >= 11 is 0. The summed E-state index contributed by atoms with van der Waals surface area (Å²) in [7, 11) is 0. The van der Waals surface area contributed by atoms with E-state index in [0.717, 1.165) is 38.4 Å². The monoisotopic (exact) mass is 276 g/mol. The second kappa shape index (κ2) is 7.65. The van der Waals surface area contributed by atoms with E-state index in [2.05, 4.69) is 43.0 Å². The molecule has 1 unspecified atom stereocenters. The third-order valence-corrected chi connectivity index (χ3v) is 4.41. The van der Waals surface area contributed by atoms with Crippen molar-refractivity contribution in [2.45, 2.75) is 45.1 Å². The molecule has 1 heterocycles. The molecule has 112 valence electrons. The van der Waals surface area contributed by atoms with Gasteiger partial charge in [-0.3, -0.25) is 4.90 Å². The minimum Gasteiger partial charge on any atom is -0.493 e. The van der Waals surface area contributed by atoms with Crippen molar-refractivity contribution in [1.29, 1.82) is 0 Å². The molecule has 3 nitrogen and oxygen atoms in total. The van der Waals surface area contributed by atoms with Crippen LogP contribution in [0.25, 0.3) is 0 Å². The van der Waals surface area contributed by atoms with Crippen LogP contribution in [0.2, 0.25) is 0 Å². The number of fused-ring (bicyclic) bond motifs is 1. The van der Waals surface area contributed by atoms with Crippen molar-refractivity contribution in [3.8, 4) is 5.75 Å². The van der Waals surface area contributed by atoms with Gasteiger partial charge in [-0.05, 0) is 30.9 Å². The number of hydrogen-bond donors (Lipinski definition) is 1. The first kappa shape index (κ1) is 15.3. The smallest absolute Gasteiger partial charge is 0.122 e. The SMILES string of the molecule is CCC(CC)N(CCN)CC1CCOc2ccccc21. The van der Waals surface area contributed by atoms with Gasteiger partial charge in [0.2, 0.25) is 0 Å². The number of nitrogens with two attached hydrogens (primary N) is 1. The first-order chi connectivity index (χ1) is 9.80. The predicted octanol–water partition coefficient (Wildman–Crippen LogP) is 3.00. The highest BCUT2D eigenvalue weighted by molar-refractivity contribution is 5.37.